The van der Waals surface area contributed by atoms with Gasteiger partial charge in [0.1, 0.15) is 22.2 Å². The highest BCUT2D eigenvalue weighted by Gasteiger charge is 2.33. The zero-order valence-corrected chi connectivity index (χ0v) is 19.1. The summed E-state index contributed by atoms with van der Waals surface area (Å²) >= 11 is 0. The van der Waals surface area contributed by atoms with Crippen molar-refractivity contribution in [2.24, 2.45) is 0 Å². The van der Waals surface area contributed by atoms with E-state index in [1.54, 1.807) is 12.1 Å². The van der Waals surface area contributed by atoms with Crippen LogP contribution in [0.3, 0.4) is 0 Å². The SMILES string of the molecule is O=C(c1ccc(N2CCCCC2)c([N+](=O)[O-])c1)N1CCN(S(=O)(=O)c2ccc(F)cc2F)CC1. The highest BCUT2D eigenvalue weighted by Crippen LogP contribution is 2.32. The number of rotatable bonds is 5. The molecule has 0 radical (unpaired) electrons. The molecule has 12 heteroatoms. The van der Waals surface area contributed by atoms with Gasteiger partial charge in [0.2, 0.25) is 10.0 Å². The second-order valence-electron chi connectivity index (χ2n) is 8.28. The van der Waals surface area contributed by atoms with Gasteiger partial charge in [-0.3, -0.25) is 14.9 Å². The standard InChI is InChI=1S/C22H24F2N4O5S/c23-17-5-7-21(18(24)15-17)34(32,33)27-12-10-26(11-13-27)22(29)16-4-6-19(20(14-16)28(30)31)25-8-2-1-3-9-25/h4-7,14-15H,1-3,8-13H2. The number of nitro benzene ring substituents is 1. The summed E-state index contributed by atoms with van der Waals surface area (Å²) < 4.78 is 53.7. The van der Waals surface area contributed by atoms with Crippen molar-refractivity contribution in [1.29, 1.82) is 0 Å². The lowest BCUT2D eigenvalue weighted by atomic mass is 10.1. The van der Waals surface area contributed by atoms with Gasteiger partial charge in [-0.2, -0.15) is 4.31 Å². The second-order valence-corrected chi connectivity index (χ2v) is 10.2. The van der Waals surface area contributed by atoms with E-state index in [0.29, 0.717) is 11.8 Å². The maximum atomic E-state index is 14.0. The molecule has 2 heterocycles. The highest BCUT2D eigenvalue weighted by atomic mass is 32.2. The van der Waals surface area contributed by atoms with E-state index in [-0.39, 0.29) is 37.4 Å². The van der Waals surface area contributed by atoms with Crippen molar-refractivity contribution in [1.82, 2.24) is 9.21 Å². The molecule has 2 aliphatic rings. The first-order valence-corrected chi connectivity index (χ1v) is 12.4. The van der Waals surface area contributed by atoms with Gasteiger partial charge in [-0.05, 0) is 43.5 Å². The summed E-state index contributed by atoms with van der Waals surface area (Å²) in [7, 11) is -4.20. The Morgan fingerprint density at radius 3 is 2.21 bits per heavy atom. The molecule has 4 rings (SSSR count). The third-order valence-electron chi connectivity index (χ3n) is 6.15. The van der Waals surface area contributed by atoms with Crippen LogP contribution in [0.4, 0.5) is 20.2 Å². The molecular formula is C22H24F2N4O5S. The van der Waals surface area contributed by atoms with Gasteiger partial charge in [-0.15, -0.1) is 0 Å². The normalized spacial score (nSPS) is 17.6. The molecule has 9 nitrogen and oxygen atoms in total. The molecular weight excluding hydrogens is 470 g/mol. The molecule has 0 aliphatic carbocycles. The number of piperidine rings is 1. The Hall–Kier alpha value is -3.12. The van der Waals surface area contributed by atoms with Gasteiger partial charge in [0.25, 0.3) is 11.6 Å². The lowest BCUT2D eigenvalue weighted by Crippen LogP contribution is -2.50. The van der Waals surface area contributed by atoms with Crippen LogP contribution in [-0.2, 0) is 10.0 Å². The van der Waals surface area contributed by atoms with E-state index in [9.17, 15) is 32.1 Å². The lowest BCUT2D eigenvalue weighted by molar-refractivity contribution is -0.384. The molecule has 2 aromatic rings. The van der Waals surface area contributed by atoms with Crippen LogP contribution in [0.5, 0.6) is 0 Å². The van der Waals surface area contributed by atoms with Crippen LogP contribution in [0.25, 0.3) is 0 Å². The minimum atomic E-state index is -4.20. The van der Waals surface area contributed by atoms with E-state index >= 15 is 0 Å². The van der Waals surface area contributed by atoms with E-state index in [1.807, 2.05) is 4.90 Å². The van der Waals surface area contributed by atoms with Gasteiger partial charge >= 0.3 is 0 Å². The number of anilines is 1. The number of hydrogen-bond acceptors (Lipinski definition) is 6. The van der Waals surface area contributed by atoms with Gasteiger partial charge in [0, 0.05) is 57.0 Å². The second kappa shape index (κ2) is 9.63. The molecule has 34 heavy (non-hydrogen) atoms. The predicted octanol–water partition coefficient (Wildman–Crippen LogP) is 3.01. The number of carbonyl (C=O) groups is 1. The zero-order chi connectivity index (χ0) is 24.5. The fourth-order valence-electron chi connectivity index (χ4n) is 4.34. The number of amides is 1. The van der Waals surface area contributed by atoms with Gasteiger partial charge in [-0.1, -0.05) is 0 Å². The molecule has 2 fully saturated rings. The Bertz CT molecular complexity index is 1210. The van der Waals surface area contributed by atoms with Crippen molar-refractivity contribution < 1.29 is 26.9 Å². The number of sulfonamides is 1. The summed E-state index contributed by atoms with van der Waals surface area (Å²) in [5, 5.41) is 11.7. The number of piperazine rings is 1. The van der Waals surface area contributed by atoms with E-state index in [1.165, 1.54) is 11.0 Å². The first-order valence-electron chi connectivity index (χ1n) is 11.0. The van der Waals surface area contributed by atoms with Crippen LogP contribution in [-0.4, -0.2) is 67.7 Å². The molecule has 0 N–H and O–H groups in total. The Labute approximate surface area is 195 Å². The summed E-state index contributed by atoms with van der Waals surface area (Å²) in [5.74, 6) is -2.51. The molecule has 0 unspecified atom stereocenters. The number of nitrogens with zero attached hydrogens (tertiary/aromatic N) is 4. The van der Waals surface area contributed by atoms with Crippen molar-refractivity contribution in [2.45, 2.75) is 24.2 Å². The van der Waals surface area contributed by atoms with Crippen LogP contribution in [0.15, 0.2) is 41.3 Å². The van der Waals surface area contributed by atoms with E-state index in [4.69, 9.17) is 0 Å². The molecule has 1 amide bonds. The van der Waals surface area contributed by atoms with Crippen LogP contribution in [0.1, 0.15) is 29.6 Å². The molecule has 2 aromatic carbocycles. The summed E-state index contributed by atoms with van der Waals surface area (Å²) in [6.45, 7) is 1.33. The van der Waals surface area contributed by atoms with Crippen LogP contribution < -0.4 is 4.90 Å². The van der Waals surface area contributed by atoms with Crippen LogP contribution in [0.2, 0.25) is 0 Å². The van der Waals surface area contributed by atoms with Gasteiger partial charge in [0.15, 0.2) is 0 Å². The highest BCUT2D eigenvalue weighted by molar-refractivity contribution is 7.89. The monoisotopic (exact) mass is 494 g/mol. The Kier molecular flexibility index (Phi) is 6.80. The molecule has 0 aromatic heterocycles. The number of benzene rings is 2. The van der Waals surface area contributed by atoms with E-state index in [2.05, 4.69) is 0 Å². The van der Waals surface area contributed by atoms with Crippen LogP contribution >= 0.6 is 0 Å². The molecule has 0 atom stereocenters. The Morgan fingerprint density at radius 2 is 1.59 bits per heavy atom. The van der Waals surface area contributed by atoms with Crippen molar-refractivity contribution in [2.75, 3.05) is 44.2 Å². The smallest absolute Gasteiger partial charge is 0.293 e. The lowest BCUT2D eigenvalue weighted by Gasteiger charge is -2.34. The zero-order valence-electron chi connectivity index (χ0n) is 18.3. The van der Waals surface area contributed by atoms with E-state index < -0.39 is 37.4 Å². The number of nitro groups is 1. The minimum Gasteiger partial charge on any atom is -0.366 e. The molecule has 182 valence electrons. The number of carbonyl (C=O) groups excluding carboxylic acids is 1. The maximum Gasteiger partial charge on any atom is 0.293 e. The van der Waals surface area contributed by atoms with Gasteiger partial charge < -0.3 is 9.80 Å². The fraction of sp³-hybridized carbons (Fsp3) is 0.409. The largest absolute Gasteiger partial charge is 0.366 e. The summed E-state index contributed by atoms with van der Waals surface area (Å²) in [5.41, 5.74) is 0.493. The summed E-state index contributed by atoms with van der Waals surface area (Å²) in [4.78, 5) is 26.9. The molecule has 0 saturated carbocycles. The number of hydrogen-bond donors (Lipinski definition) is 0. The Morgan fingerprint density at radius 1 is 0.912 bits per heavy atom. The average Bonchev–Trinajstić information content (AvgIpc) is 2.83. The molecule has 0 bridgehead atoms. The molecule has 2 aliphatic heterocycles. The van der Waals surface area contributed by atoms with Crippen molar-refractivity contribution in [3.63, 3.8) is 0 Å². The quantitative estimate of drug-likeness (QED) is 0.468. The number of halogens is 2. The molecule has 0 spiro atoms. The summed E-state index contributed by atoms with van der Waals surface area (Å²) in [6, 6.07) is 6.66. The minimum absolute atomic E-state index is 0.0303. The van der Waals surface area contributed by atoms with Crippen molar-refractivity contribution in [3.05, 3.63) is 63.7 Å². The summed E-state index contributed by atoms with van der Waals surface area (Å²) in [6.07, 6.45) is 2.98. The first kappa shape index (κ1) is 24.0. The fourth-order valence-corrected chi connectivity index (χ4v) is 5.81. The predicted molar refractivity (Wildman–Crippen MR) is 120 cm³/mol. The van der Waals surface area contributed by atoms with Crippen molar-refractivity contribution >= 4 is 27.3 Å². The van der Waals surface area contributed by atoms with Crippen molar-refractivity contribution in [3.8, 4) is 0 Å². The first-order chi connectivity index (χ1) is 16.2. The van der Waals surface area contributed by atoms with Gasteiger partial charge in [0.05, 0.1) is 4.92 Å². The van der Waals surface area contributed by atoms with E-state index in [0.717, 1.165) is 48.8 Å². The van der Waals surface area contributed by atoms with Crippen LogP contribution in [0, 0.1) is 21.7 Å². The van der Waals surface area contributed by atoms with Gasteiger partial charge in [-0.25, -0.2) is 17.2 Å². The Balaban J connectivity index is 1.48. The average molecular weight is 495 g/mol. The maximum absolute atomic E-state index is 14.0. The topological polar surface area (TPSA) is 104 Å². The third-order valence-corrected chi connectivity index (χ3v) is 8.09. The molecule has 2 saturated heterocycles. The third kappa shape index (κ3) is 4.73.